The number of rotatable bonds is 5. The second-order valence-corrected chi connectivity index (χ2v) is 9.09. The number of hydrogen-bond donors (Lipinski definition) is 1. The zero-order valence-electron chi connectivity index (χ0n) is 18.2. The highest BCUT2D eigenvalue weighted by Gasteiger charge is 2.30. The van der Waals surface area contributed by atoms with Crippen molar-refractivity contribution >= 4 is 23.4 Å². The standard InChI is InChI=1S/C25H21ClFN5O2/c26-19-11-16(5-6-20(19)27)24-23(25(29)34)21-13-31(7-8-32(21)30-24)22(33)10-14-1-2-17(12-28)18(9-14)15-3-4-15/h1-2,5-6,9,11,15H,3-4,7-8,10,13H2,(H2,29,34). The Morgan fingerprint density at radius 1 is 1.21 bits per heavy atom. The summed E-state index contributed by atoms with van der Waals surface area (Å²) < 4.78 is 15.3. The summed E-state index contributed by atoms with van der Waals surface area (Å²) in [6.45, 7) is 1.02. The van der Waals surface area contributed by atoms with E-state index in [0.717, 1.165) is 24.0 Å². The monoisotopic (exact) mass is 477 g/mol. The maximum Gasteiger partial charge on any atom is 0.252 e. The van der Waals surface area contributed by atoms with Gasteiger partial charge in [0.25, 0.3) is 5.91 Å². The molecular formula is C25H21ClFN5O2. The van der Waals surface area contributed by atoms with Crippen molar-refractivity contribution in [2.24, 2.45) is 5.73 Å². The van der Waals surface area contributed by atoms with Crippen LogP contribution in [0.1, 0.15) is 51.5 Å². The molecule has 1 saturated carbocycles. The summed E-state index contributed by atoms with van der Waals surface area (Å²) >= 11 is 5.92. The Hall–Kier alpha value is -3.70. The van der Waals surface area contributed by atoms with Gasteiger partial charge in [-0.3, -0.25) is 14.3 Å². The minimum Gasteiger partial charge on any atom is -0.365 e. The minimum atomic E-state index is -0.674. The zero-order valence-corrected chi connectivity index (χ0v) is 19.0. The van der Waals surface area contributed by atoms with Crippen LogP contribution >= 0.6 is 11.6 Å². The van der Waals surface area contributed by atoms with Gasteiger partial charge in [-0.05, 0) is 54.2 Å². The molecule has 0 spiro atoms. The Morgan fingerprint density at radius 2 is 2.00 bits per heavy atom. The van der Waals surface area contributed by atoms with Gasteiger partial charge in [-0.25, -0.2) is 4.39 Å². The number of fused-ring (bicyclic) bond motifs is 1. The molecule has 2 heterocycles. The highest BCUT2D eigenvalue weighted by molar-refractivity contribution is 6.31. The summed E-state index contributed by atoms with van der Waals surface area (Å²) in [5.41, 5.74) is 9.77. The quantitative estimate of drug-likeness (QED) is 0.603. The summed E-state index contributed by atoms with van der Waals surface area (Å²) in [6, 6.07) is 11.9. The van der Waals surface area contributed by atoms with Gasteiger partial charge >= 0.3 is 0 Å². The van der Waals surface area contributed by atoms with Crippen LogP contribution in [0.3, 0.4) is 0 Å². The molecule has 2 N–H and O–H groups in total. The lowest BCUT2D eigenvalue weighted by atomic mass is 9.99. The summed E-state index contributed by atoms with van der Waals surface area (Å²) in [7, 11) is 0. The fourth-order valence-corrected chi connectivity index (χ4v) is 4.66. The summed E-state index contributed by atoms with van der Waals surface area (Å²) in [5.74, 6) is -0.919. The Morgan fingerprint density at radius 3 is 2.68 bits per heavy atom. The number of benzene rings is 2. The van der Waals surface area contributed by atoms with E-state index in [2.05, 4.69) is 11.2 Å². The molecule has 172 valence electrons. The van der Waals surface area contributed by atoms with Crippen molar-refractivity contribution in [3.05, 3.63) is 75.2 Å². The lowest BCUT2D eigenvalue weighted by Gasteiger charge is -2.28. The van der Waals surface area contributed by atoms with Crippen LogP contribution in [0.15, 0.2) is 36.4 Å². The number of nitriles is 1. The first kappa shape index (κ1) is 22.1. The zero-order chi connectivity index (χ0) is 24.0. The van der Waals surface area contributed by atoms with E-state index in [-0.39, 0.29) is 29.5 Å². The highest BCUT2D eigenvalue weighted by atomic mass is 35.5. The van der Waals surface area contributed by atoms with Gasteiger partial charge in [0.1, 0.15) is 11.5 Å². The molecule has 0 radical (unpaired) electrons. The maximum atomic E-state index is 13.6. The third-order valence-electron chi connectivity index (χ3n) is 6.38. The fourth-order valence-electron chi connectivity index (χ4n) is 4.48. The van der Waals surface area contributed by atoms with Crippen LogP contribution in [0.5, 0.6) is 0 Å². The van der Waals surface area contributed by atoms with Gasteiger partial charge in [0, 0.05) is 12.1 Å². The van der Waals surface area contributed by atoms with E-state index in [1.165, 1.54) is 18.2 Å². The number of halogens is 2. The minimum absolute atomic E-state index is 0.0799. The van der Waals surface area contributed by atoms with Gasteiger partial charge in [0.15, 0.2) is 0 Å². The predicted octanol–water partition coefficient (Wildman–Crippen LogP) is 3.78. The predicted molar refractivity (Wildman–Crippen MR) is 123 cm³/mol. The second kappa shape index (κ2) is 8.58. The van der Waals surface area contributed by atoms with E-state index >= 15 is 0 Å². The van der Waals surface area contributed by atoms with Crippen LogP contribution in [0.4, 0.5) is 4.39 Å². The maximum absolute atomic E-state index is 13.6. The molecule has 1 aliphatic carbocycles. The van der Waals surface area contributed by atoms with Gasteiger partial charge < -0.3 is 10.6 Å². The largest absolute Gasteiger partial charge is 0.365 e. The van der Waals surface area contributed by atoms with Crippen LogP contribution in [0.25, 0.3) is 11.3 Å². The van der Waals surface area contributed by atoms with Crippen LogP contribution in [0, 0.1) is 17.1 Å². The van der Waals surface area contributed by atoms with Crippen molar-refractivity contribution in [2.45, 2.75) is 38.3 Å². The van der Waals surface area contributed by atoms with Crippen molar-refractivity contribution in [1.29, 1.82) is 5.26 Å². The van der Waals surface area contributed by atoms with Crippen molar-refractivity contribution in [1.82, 2.24) is 14.7 Å². The number of hydrogen-bond acceptors (Lipinski definition) is 4. The first-order valence-electron chi connectivity index (χ1n) is 11.0. The van der Waals surface area contributed by atoms with Gasteiger partial charge in [0.2, 0.25) is 5.91 Å². The Balaban J connectivity index is 1.40. The lowest BCUT2D eigenvalue weighted by Crippen LogP contribution is -2.40. The molecule has 0 unspecified atom stereocenters. The van der Waals surface area contributed by atoms with Crippen molar-refractivity contribution in [2.75, 3.05) is 6.54 Å². The van der Waals surface area contributed by atoms with Crippen molar-refractivity contribution < 1.29 is 14.0 Å². The molecule has 1 aliphatic heterocycles. The van der Waals surface area contributed by atoms with E-state index in [1.54, 1.807) is 15.6 Å². The first-order chi connectivity index (χ1) is 16.4. The van der Waals surface area contributed by atoms with Crippen molar-refractivity contribution in [3.63, 3.8) is 0 Å². The molecule has 1 aromatic heterocycles. The molecule has 0 bridgehead atoms. The molecule has 1 fully saturated rings. The van der Waals surface area contributed by atoms with Gasteiger partial charge in [0.05, 0.1) is 47.4 Å². The molecule has 9 heteroatoms. The average Bonchev–Trinajstić information content (AvgIpc) is 3.59. The van der Waals surface area contributed by atoms with Crippen LogP contribution in [-0.4, -0.2) is 33.0 Å². The number of carbonyl (C=O) groups excluding carboxylic acids is 2. The van der Waals surface area contributed by atoms with Gasteiger partial charge in [-0.15, -0.1) is 0 Å². The second-order valence-electron chi connectivity index (χ2n) is 8.69. The van der Waals surface area contributed by atoms with E-state index < -0.39 is 11.7 Å². The van der Waals surface area contributed by atoms with Gasteiger partial charge in [-0.1, -0.05) is 23.7 Å². The fraction of sp³-hybridized carbons (Fsp3) is 0.280. The molecule has 3 aromatic rings. The third-order valence-corrected chi connectivity index (χ3v) is 6.67. The third kappa shape index (κ3) is 4.03. The molecule has 7 nitrogen and oxygen atoms in total. The molecule has 34 heavy (non-hydrogen) atoms. The molecule has 0 atom stereocenters. The summed E-state index contributed by atoms with van der Waals surface area (Å²) in [4.78, 5) is 27.2. The Kier molecular flexibility index (Phi) is 5.58. The number of carbonyl (C=O) groups is 2. The normalized spacial score (nSPS) is 15.0. The number of amides is 2. The Bertz CT molecular complexity index is 1370. The highest BCUT2D eigenvalue weighted by Crippen LogP contribution is 2.42. The number of aromatic nitrogens is 2. The van der Waals surface area contributed by atoms with Crippen LogP contribution in [0.2, 0.25) is 5.02 Å². The number of nitrogens with two attached hydrogens (primary N) is 1. The van der Waals surface area contributed by atoms with Crippen molar-refractivity contribution in [3.8, 4) is 17.3 Å². The average molecular weight is 478 g/mol. The molecular weight excluding hydrogens is 457 g/mol. The molecule has 5 rings (SSSR count). The lowest BCUT2D eigenvalue weighted by molar-refractivity contribution is -0.132. The van der Waals surface area contributed by atoms with Crippen LogP contribution in [-0.2, 0) is 24.3 Å². The number of primary amides is 1. The Labute approximate surface area is 200 Å². The molecule has 2 amide bonds. The molecule has 2 aliphatic rings. The van der Waals surface area contributed by atoms with E-state index in [1.807, 2.05) is 12.1 Å². The molecule has 0 saturated heterocycles. The van der Waals surface area contributed by atoms with E-state index in [4.69, 9.17) is 17.3 Å². The summed E-state index contributed by atoms with van der Waals surface area (Å²) in [5, 5.41) is 13.8. The number of nitrogens with zero attached hydrogens (tertiary/aromatic N) is 4. The smallest absolute Gasteiger partial charge is 0.252 e. The molecule has 2 aromatic carbocycles. The van der Waals surface area contributed by atoms with Gasteiger partial charge in [-0.2, -0.15) is 10.4 Å². The summed E-state index contributed by atoms with van der Waals surface area (Å²) in [6.07, 6.45) is 2.34. The SMILES string of the molecule is N#Cc1ccc(CC(=O)N2CCn3nc(-c4ccc(F)c(Cl)c4)c(C(N)=O)c3C2)cc1C1CC1. The van der Waals surface area contributed by atoms with E-state index in [9.17, 15) is 19.2 Å². The van der Waals surface area contributed by atoms with E-state index in [0.29, 0.717) is 41.5 Å². The first-order valence-corrected chi connectivity index (χ1v) is 11.4. The van der Waals surface area contributed by atoms with Crippen LogP contribution < -0.4 is 5.73 Å². The topological polar surface area (TPSA) is 105 Å².